The predicted molar refractivity (Wildman–Crippen MR) is 85.5 cm³/mol. The number of halogens is 1. The molecule has 2 N–H and O–H groups in total. The van der Waals surface area contributed by atoms with Crippen LogP contribution in [0.4, 0.5) is 10.5 Å². The van der Waals surface area contributed by atoms with Gasteiger partial charge in [0.2, 0.25) is 0 Å². The highest BCUT2D eigenvalue weighted by molar-refractivity contribution is 9.10. The number of aromatic nitrogens is 1. The smallest absolute Gasteiger partial charge is 0.319 e. The first-order valence-electron chi connectivity index (χ1n) is 6.39. The summed E-state index contributed by atoms with van der Waals surface area (Å²) in [5.41, 5.74) is 2.33. The highest BCUT2D eigenvalue weighted by Gasteiger charge is 2.08. The van der Waals surface area contributed by atoms with Crippen LogP contribution in [0.25, 0.3) is 0 Å². The predicted octanol–water partition coefficient (Wildman–Crippen LogP) is 3.48. The number of methoxy groups -OCH3 is 1. The van der Waals surface area contributed by atoms with Crippen molar-refractivity contribution in [3.63, 3.8) is 0 Å². The lowest BCUT2D eigenvalue weighted by Crippen LogP contribution is -2.28. The molecule has 2 amide bonds. The minimum absolute atomic E-state index is 0.310. The molecule has 0 fully saturated rings. The van der Waals surface area contributed by atoms with E-state index in [2.05, 4.69) is 31.5 Å². The molecule has 2 aromatic rings. The number of pyridine rings is 1. The van der Waals surface area contributed by atoms with Crippen molar-refractivity contribution in [3.05, 3.63) is 52.3 Å². The van der Waals surface area contributed by atoms with E-state index in [1.807, 2.05) is 31.2 Å². The monoisotopic (exact) mass is 349 g/mol. The molecule has 1 aromatic carbocycles. The first-order valence-corrected chi connectivity index (χ1v) is 7.18. The number of rotatable bonds is 4. The Labute approximate surface area is 131 Å². The fourth-order valence-corrected chi connectivity index (χ4v) is 2.17. The van der Waals surface area contributed by atoms with Gasteiger partial charge in [-0.25, -0.2) is 4.79 Å². The number of hydrogen-bond donors (Lipinski definition) is 2. The Kier molecular flexibility index (Phi) is 5.16. The second kappa shape index (κ2) is 7.08. The number of ether oxygens (including phenoxy) is 1. The first kappa shape index (κ1) is 15.3. The molecule has 0 spiro atoms. The molecule has 1 heterocycles. The summed E-state index contributed by atoms with van der Waals surface area (Å²) in [4.78, 5) is 16.3. The zero-order valence-electron chi connectivity index (χ0n) is 11.8. The maximum atomic E-state index is 11.9. The lowest BCUT2D eigenvalue weighted by molar-refractivity contribution is 0.251. The van der Waals surface area contributed by atoms with E-state index in [-0.39, 0.29) is 6.03 Å². The number of amides is 2. The maximum Gasteiger partial charge on any atom is 0.319 e. The van der Waals surface area contributed by atoms with E-state index in [4.69, 9.17) is 4.74 Å². The van der Waals surface area contributed by atoms with Crippen molar-refractivity contribution in [1.82, 2.24) is 10.3 Å². The third kappa shape index (κ3) is 4.46. The molecule has 0 saturated carbocycles. The van der Waals surface area contributed by atoms with Crippen LogP contribution >= 0.6 is 15.9 Å². The quantitative estimate of drug-likeness (QED) is 0.887. The van der Waals surface area contributed by atoms with Gasteiger partial charge in [0.1, 0.15) is 5.75 Å². The molecule has 0 atom stereocenters. The van der Waals surface area contributed by atoms with Crippen LogP contribution in [0.2, 0.25) is 0 Å². The number of carbonyl (C=O) groups is 1. The average Bonchev–Trinajstić information content (AvgIpc) is 2.45. The summed E-state index contributed by atoms with van der Waals surface area (Å²) < 4.78 is 6.06. The standard InChI is InChI=1S/C15H16BrN3O2/c1-10-4-3-5-12(18-10)9-17-15(20)19-13-8-11(16)6-7-14(13)21-2/h3-8H,9H2,1-2H3,(H2,17,19,20). The number of anilines is 1. The first-order chi connectivity index (χ1) is 10.1. The van der Waals surface area contributed by atoms with Crippen molar-refractivity contribution in [2.75, 3.05) is 12.4 Å². The number of aryl methyl sites for hydroxylation is 1. The highest BCUT2D eigenvalue weighted by atomic mass is 79.9. The molecule has 0 aliphatic rings. The molecule has 0 radical (unpaired) electrons. The van der Waals surface area contributed by atoms with E-state index in [0.717, 1.165) is 15.9 Å². The van der Waals surface area contributed by atoms with Gasteiger partial charge in [0.25, 0.3) is 0 Å². The molecule has 21 heavy (non-hydrogen) atoms. The van der Waals surface area contributed by atoms with Crippen LogP contribution in [-0.2, 0) is 6.54 Å². The molecule has 0 aliphatic heterocycles. The molecule has 0 aliphatic carbocycles. The summed E-state index contributed by atoms with van der Waals surface area (Å²) in [5, 5.41) is 5.52. The van der Waals surface area contributed by atoms with Crippen LogP contribution in [0.3, 0.4) is 0 Å². The van der Waals surface area contributed by atoms with Gasteiger partial charge < -0.3 is 15.4 Å². The zero-order chi connectivity index (χ0) is 15.2. The van der Waals surface area contributed by atoms with Crippen molar-refractivity contribution < 1.29 is 9.53 Å². The van der Waals surface area contributed by atoms with Gasteiger partial charge in [0.15, 0.2) is 0 Å². The van der Waals surface area contributed by atoms with Crippen molar-refractivity contribution in [3.8, 4) is 5.75 Å². The number of nitrogens with one attached hydrogen (secondary N) is 2. The molecule has 5 nitrogen and oxygen atoms in total. The molecule has 0 bridgehead atoms. The van der Waals surface area contributed by atoms with Gasteiger partial charge in [0, 0.05) is 10.2 Å². The van der Waals surface area contributed by atoms with Gasteiger partial charge in [-0.15, -0.1) is 0 Å². The Hall–Kier alpha value is -2.08. The van der Waals surface area contributed by atoms with E-state index < -0.39 is 0 Å². The Bertz CT molecular complexity index is 647. The minimum atomic E-state index is -0.310. The SMILES string of the molecule is COc1ccc(Br)cc1NC(=O)NCc1cccc(C)n1. The molecule has 2 rings (SSSR count). The van der Waals surface area contributed by atoms with Gasteiger partial charge in [-0.1, -0.05) is 22.0 Å². The molecule has 0 saturated heterocycles. The fourth-order valence-electron chi connectivity index (χ4n) is 1.81. The zero-order valence-corrected chi connectivity index (χ0v) is 13.4. The molecule has 110 valence electrons. The Balaban J connectivity index is 1.97. The second-order valence-corrected chi connectivity index (χ2v) is 5.34. The number of nitrogens with zero attached hydrogens (tertiary/aromatic N) is 1. The van der Waals surface area contributed by atoms with Gasteiger partial charge in [0.05, 0.1) is 25.0 Å². The summed E-state index contributed by atoms with van der Waals surface area (Å²) in [7, 11) is 1.56. The summed E-state index contributed by atoms with van der Waals surface area (Å²) in [5.74, 6) is 0.599. The number of urea groups is 1. The van der Waals surface area contributed by atoms with Crippen LogP contribution in [0.15, 0.2) is 40.9 Å². The van der Waals surface area contributed by atoms with E-state index in [1.165, 1.54) is 0 Å². The average molecular weight is 350 g/mol. The largest absolute Gasteiger partial charge is 0.495 e. The summed E-state index contributed by atoms with van der Waals surface area (Å²) in [6.45, 7) is 2.28. The number of hydrogen-bond acceptors (Lipinski definition) is 3. The summed E-state index contributed by atoms with van der Waals surface area (Å²) in [6, 6.07) is 10.8. The molecular weight excluding hydrogens is 334 g/mol. The van der Waals surface area contributed by atoms with E-state index in [0.29, 0.717) is 18.0 Å². The van der Waals surface area contributed by atoms with Crippen molar-refractivity contribution >= 4 is 27.6 Å². The van der Waals surface area contributed by atoms with Gasteiger partial charge >= 0.3 is 6.03 Å². The lowest BCUT2D eigenvalue weighted by atomic mass is 10.3. The van der Waals surface area contributed by atoms with Crippen LogP contribution in [0, 0.1) is 6.92 Å². The minimum Gasteiger partial charge on any atom is -0.495 e. The second-order valence-electron chi connectivity index (χ2n) is 4.42. The summed E-state index contributed by atoms with van der Waals surface area (Å²) in [6.07, 6.45) is 0. The summed E-state index contributed by atoms with van der Waals surface area (Å²) >= 11 is 3.36. The van der Waals surface area contributed by atoms with Gasteiger partial charge in [-0.2, -0.15) is 0 Å². The fraction of sp³-hybridized carbons (Fsp3) is 0.200. The lowest BCUT2D eigenvalue weighted by Gasteiger charge is -2.11. The van der Waals surface area contributed by atoms with Crippen LogP contribution in [0.1, 0.15) is 11.4 Å². The van der Waals surface area contributed by atoms with Gasteiger partial charge in [-0.05, 0) is 37.3 Å². The molecule has 6 heteroatoms. The van der Waals surface area contributed by atoms with E-state index in [1.54, 1.807) is 19.2 Å². The maximum absolute atomic E-state index is 11.9. The van der Waals surface area contributed by atoms with Crippen molar-refractivity contribution in [2.24, 2.45) is 0 Å². The van der Waals surface area contributed by atoms with Crippen molar-refractivity contribution in [2.45, 2.75) is 13.5 Å². The van der Waals surface area contributed by atoms with Gasteiger partial charge in [-0.3, -0.25) is 4.98 Å². The normalized spacial score (nSPS) is 10.0. The van der Waals surface area contributed by atoms with Crippen LogP contribution < -0.4 is 15.4 Å². The van der Waals surface area contributed by atoms with E-state index >= 15 is 0 Å². The van der Waals surface area contributed by atoms with E-state index in [9.17, 15) is 4.79 Å². The molecular formula is C15H16BrN3O2. The Morgan fingerprint density at radius 2 is 2.14 bits per heavy atom. The van der Waals surface area contributed by atoms with Crippen LogP contribution in [-0.4, -0.2) is 18.1 Å². The Morgan fingerprint density at radius 1 is 1.33 bits per heavy atom. The third-order valence-corrected chi connectivity index (χ3v) is 3.28. The topological polar surface area (TPSA) is 63.2 Å². The number of benzene rings is 1. The molecule has 0 unspecified atom stereocenters. The Morgan fingerprint density at radius 3 is 2.86 bits per heavy atom. The van der Waals surface area contributed by atoms with Crippen LogP contribution in [0.5, 0.6) is 5.75 Å². The number of carbonyl (C=O) groups excluding carboxylic acids is 1. The highest BCUT2D eigenvalue weighted by Crippen LogP contribution is 2.27. The third-order valence-electron chi connectivity index (χ3n) is 2.79. The molecule has 1 aromatic heterocycles. The van der Waals surface area contributed by atoms with Crippen molar-refractivity contribution in [1.29, 1.82) is 0 Å².